The van der Waals surface area contributed by atoms with Crippen LogP contribution in [0.25, 0.3) is 0 Å². The lowest BCUT2D eigenvalue weighted by Crippen LogP contribution is -2.49. The van der Waals surface area contributed by atoms with Gasteiger partial charge in [0.1, 0.15) is 0 Å². The second-order valence-electron chi connectivity index (χ2n) is 8.76. The van der Waals surface area contributed by atoms with Crippen LogP contribution in [0.15, 0.2) is 29.3 Å². The maximum atomic E-state index is 11.9. The van der Waals surface area contributed by atoms with E-state index in [4.69, 9.17) is 9.73 Å². The number of piperidine rings is 1. The molecule has 0 unspecified atom stereocenters. The summed E-state index contributed by atoms with van der Waals surface area (Å²) >= 11 is 0. The molecule has 0 spiro atoms. The molecular formula is C25H42IN5O2. The normalized spacial score (nSPS) is 18.2. The highest BCUT2D eigenvalue weighted by Gasteiger charge is 2.24. The molecule has 0 atom stereocenters. The highest BCUT2D eigenvalue weighted by atomic mass is 127. The van der Waals surface area contributed by atoms with Crippen LogP contribution < -0.4 is 10.6 Å². The molecule has 8 heteroatoms. The van der Waals surface area contributed by atoms with Gasteiger partial charge in [0.25, 0.3) is 0 Å². The summed E-state index contributed by atoms with van der Waals surface area (Å²) in [5.74, 6) is 0.853. The number of ether oxygens (including phenoxy) is 1. The molecule has 0 aliphatic carbocycles. The summed E-state index contributed by atoms with van der Waals surface area (Å²) < 4.78 is 5.12. The van der Waals surface area contributed by atoms with Crippen molar-refractivity contribution in [2.75, 3.05) is 39.3 Å². The predicted octanol–water partition coefficient (Wildman–Crippen LogP) is 4.36. The third-order valence-electron chi connectivity index (χ3n) is 6.32. The molecule has 2 saturated heterocycles. The second-order valence-corrected chi connectivity index (χ2v) is 8.76. The van der Waals surface area contributed by atoms with Crippen molar-refractivity contribution in [1.82, 2.24) is 20.4 Å². The van der Waals surface area contributed by atoms with E-state index < -0.39 is 0 Å². The quantitative estimate of drug-likeness (QED) is 0.289. The first kappa shape index (κ1) is 27.7. The van der Waals surface area contributed by atoms with Gasteiger partial charge in [-0.05, 0) is 63.7 Å². The van der Waals surface area contributed by atoms with E-state index in [1.807, 2.05) is 6.92 Å². The Morgan fingerprint density at radius 2 is 1.70 bits per heavy atom. The van der Waals surface area contributed by atoms with Crippen LogP contribution in [0.3, 0.4) is 0 Å². The smallest absolute Gasteiger partial charge is 0.409 e. The molecule has 3 rings (SSSR count). The summed E-state index contributed by atoms with van der Waals surface area (Å²) in [6, 6.07) is 9.02. The minimum atomic E-state index is -0.201. The maximum absolute atomic E-state index is 11.9. The van der Waals surface area contributed by atoms with Crippen molar-refractivity contribution in [3.8, 4) is 0 Å². The molecular weight excluding hydrogens is 529 g/mol. The number of rotatable bonds is 7. The van der Waals surface area contributed by atoms with Gasteiger partial charge in [-0.3, -0.25) is 4.90 Å². The van der Waals surface area contributed by atoms with Gasteiger partial charge in [-0.2, -0.15) is 0 Å². The Balaban J connectivity index is 0.00000385. The number of aliphatic imine (C=N–C) groups is 1. The van der Waals surface area contributed by atoms with Gasteiger partial charge < -0.3 is 20.3 Å². The number of amides is 1. The largest absolute Gasteiger partial charge is 0.450 e. The number of nitrogens with one attached hydrogen (secondary N) is 2. The van der Waals surface area contributed by atoms with Gasteiger partial charge in [0.2, 0.25) is 0 Å². The van der Waals surface area contributed by atoms with E-state index in [2.05, 4.69) is 46.7 Å². The Morgan fingerprint density at radius 1 is 1.03 bits per heavy atom. The van der Waals surface area contributed by atoms with Gasteiger partial charge in [0.15, 0.2) is 5.96 Å². The minimum absolute atomic E-state index is 0. The lowest BCUT2D eigenvalue weighted by atomic mass is 10.1. The number of nitrogens with zero attached hydrogens (tertiary/aromatic N) is 3. The fraction of sp³-hybridized carbons (Fsp3) is 0.680. The summed E-state index contributed by atoms with van der Waals surface area (Å²) in [5.41, 5.74) is 2.68. The van der Waals surface area contributed by atoms with Crippen molar-refractivity contribution in [1.29, 1.82) is 0 Å². The van der Waals surface area contributed by atoms with Gasteiger partial charge in [-0.25, -0.2) is 9.79 Å². The van der Waals surface area contributed by atoms with E-state index in [1.165, 1.54) is 49.9 Å². The highest BCUT2D eigenvalue weighted by molar-refractivity contribution is 14.0. The van der Waals surface area contributed by atoms with Crippen molar-refractivity contribution in [3.05, 3.63) is 35.4 Å². The first-order valence-corrected chi connectivity index (χ1v) is 12.4. The van der Waals surface area contributed by atoms with Crippen LogP contribution in [-0.2, 0) is 17.8 Å². The average molecular weight is 572 g/mol. The molecule has 1 amide bonds. The van der Waals surface area contributed by atoms with Crippen molar-refractivity contribution in [3.63, 3.8) is 0 Å². The zero-order valence-corrected chi connectivity index (χ0v) is 22.7. The summed E-state index contributed by atoms with van der Waals surface area (Å²) in [5, 5.41) is 6.96. The summed E-state index contributed by atoms with van der Waals surface area (Å²) in [4.78, 5) is 21.2. The van der Waals surface area contributed by atoms with Crippen molar-refractivity contribution < 1.29 is 9.53 Å². The van der Waals surface area contributed by atoms with E-state index in [1.54, 1.807) is 4.90 Å². The average Bonchev–Trinajstić information content (AvgIpc) is 3.08. The standard InChI is InChI=1S/C25H41N5O2.HI/c1-3-26-24(28-23-13-17-30(18-14-23)25(31)32-4-2)27-19-21-11-7-8-12-22(21)20-29-15-9-5-6-10-16-29;/h7-8,11-12,23H,3-6,9-10,13-20H2,1-2H3,(H2,26,27,28);1H. The fourth-order valence-corrected chi connectivity index (χ4v) is 4.50. The lowest BCUT2D eigenvalue weighted by molar-refractivity contribution is 0.0963. The third-order valence-corrected chi connectivity index (χ3v) is 6.32. The third kappa shape index (κ3) is 9.31. The number of hydrogen-bond donors (Lipinski definition) is 2. The van der Waals surface area contributed by atoms with E-state index in [9.17, 15) is 4.79 Å². The number of carbonyl (C=O) groups is 1. The number of hydrogen-bond acceptors (Lipinski definition) is 4. The van der Waals surface area contributed by atoms with Crippen LogP contribution in [0.1, 0.15) is 63.5 Å². The number of likely N-dealkylation sites (tertiary alicyclic amines) is 2. The summed E-state index contributed by atoms with van der Waals surface area (Å²) in [6.45, 7) is 10.7. The first-order valence-electron chi connectivity index (χ1n) is 12.4. The summed E-state index contributed by atoms with van der Waals surface area (Å²) in [7, 11) is 0. The number of halogens is 1. The number of carbonyl (C=O) groups excluding carboxylic acids is 1. The molecule has 2 N–H and O–H groups in total. The number of guanidine groups is 1. The summed E-state index contributed by atoms with van der Waals surface area (Å²) in [6.07, 6.45) is 6.93. The maximum Gasteiger partial charge on any atom is 0.409 e. The minimum Gasteiger partial charge on any atom is -0.450 e. The molecule has 1 aromatic carbocycles. The molecule has 0 saturated carbocycles. The van der Waals surface area contributed by atoms with Crippen LogP contribution in [0.2, 0.25) is 0 Å². The molecule has 0 aromatic heterocycles. The molecule has 186 valence electrons. The molecule has 2 aliphatic rings. The lowest BCUT2D eigenvalue weighted by Gasteiger charge is -2.32. The molecule has 0 bridgehead atoms. The van der Waals surface area contributed by atoms with E-state index in [0.29, 0.717) is 32.3 Å². The van der Waals surface area contributed by atoms with Crippen LogP contribution in [0.4, 0.5) is 4.79 Å². The van der Waals surface area contributed by atoms with Crippen LogP contribution in [0, 0.1) is 0 Å². The fourth-order valence-electron chi connectivity index (χ4n) is 4.50. The van der Waals surface area contributed by atoms with Gasteiger partial charge >= 0.3 is 6.09 Å². The Kier molecular flexibility index (Phi) is 12.9. The van der Waals surface area contributed by atoms with Gasteiger partial charge in [0, 0.05) is 32.2 Å². The molecule has 1 aromatic rings. The monoisotopic (exact) mass is 571 g/mol. The molecule has 0 radical (unpaired) electrons. The van der Waals surface area contributed by atoms with Gasteiger partial charge in [-0.15, -0.1) is 24.0 Å². The second kappa shape index (κ2) is 15.4. The Labute approximate surface area is 216 Å². The van der Waals surface area contributed by atoms with E-state index in [0.717, 1.165) is 31.9 Å². The van der Waals surface area contributed by atoms with Crippen molar-refractivity contribution in [2.45, 2.75) is 71.5 Å². The first-order chi connectivity index (χ1) is 15.7. The molecule has 7 nitrogen and oxygen atoms in total. The molecule has 2 fully saturated rings. The Bertz CT molecular complexity index is 729. The molecule has 33 heavy (non-hydrogen) atoms. The molecule has 2 aliphatic heterocycles. The van der Waals surface area contributed by atoms with Crippen LogP contribution in [-0.4, -0.2) is 67.2 Å². The zero-order valence-electron chi connectivity index (χ0n) is 20.4. The zero-order chi connectivity index (χ0) is 22.6. The topological polar surface area (TPSA) is 69.2 Å². The van der Waals surface area contributed by atoms with Crippen LogP contribution in [0.5, 0.6) is 0 Å². The van der Waals surface area contributed by atoms with Gasteiger partial charge in [-0.1, -0.05) is 37.1 Å². The predicted molar refractivity (Wildman–Crippen MR) is 145 cm³/mol. The van der Waals surface area contributed by atoms with Crippen molar-refractivity contribution >= 4 is 36.0 Å². The van der Waals surface area contributed by atoms with Crippen LogP contribution >= 0.6 is 24.0 Å². The van der Waals surface area contributed by atoms with E-state index in [-0.39, 0.29) is 30.1 Å². The Hall–Kier alpha value is -1.55. The van der Waals surface area contributed by atoms with E-state index >= 15 is 0 Å². The SMILES string of the molecule is CCNC(=NCc1ccccc1CN1CCCCCC1)NC1CCN(C(=O)OCC)CC1.I. The number of benzene rings is 1. The van der Waals surface area contributed by atoms with Crippen molar-refractivity contribution in [2.24, 2.45) is 4.99 Å². The molecule has 2 heterocycles. The van der Waals surface area contributed by atoms with Gasteiger partial charge in [0.05, 0.1) is 13.2 Å². The Morgan fingerprint density at radius 3 is 2.33 bits per heavy atom. The highest BCUT2D eigenvalue weighted by Crippen LogP contribution is 2.17.